The Kier molecular flexibility index (Phi) is 7.12. The minimum absolute atomic E-state index is 0.123. The average molecular weight is 564 g/mol. The molecule has 0 saturated carbocycles. The maximum absolute atomic E-state index is 13.2. The number of alkyl halides is 12. The van der Waals surface area contributed by atoms with Crippen LogP contribution in [0.1, 0.15) is 11.1 Å². The molecule has 0 radical (unpaired) electrons. The van der Waals surface area contributed by atoms with Crippen LogP contribution in [0.4, 0.5) is 64.1 Å². The van der Waals surface area contributed by atoms with Crippen LogP contribution in [-0.4, -0.2) is 39.1 Å². The van der Waals surface area contributed by atoms with Crippen LogP contribution in [0.2, 0.25) is 0 Å². The van der Waals surface area contributed by atoms with Crippen molar-refractivity contribution in [3.05, 3.63) is 47.5 Å². The Balaban J connectivity index is 2.76. The molecule has 6 N–H and O–H groups in total. The SMILES string of the molecule is Nc1ccc(S(=O)c2ccc(N)c(C(O)(C(F)(F)F)C(F)(F)F)c2)cc1C(O)(C(F)(F)F)C(F)(F)F. The highest BCUT2D eigenvalue weighted by molar-refractivity contribution is 7.85. The van der Waals surface area contributed by atoms with E-state index in [2.05, 4.69) is 0 Å². The van der Waals surface area contributed by atoms with Crippen molar-refractivity contribution < 1.29 is 67.1 Å². The molecule has 0 aliphatic carbocycles. The molecule has 0 heterocycles. The number of hydrogen-bond acceptors (Lipinski definition) is 5. The van der Waals surface area contributed by atoms with E-state index in [0.29, 0.717) is 24.3 Å². The lowest BCUT2D eigenvalue weighted by atomic mass is 9.91. The summed E-state index contributed by atoms with van der Waals surface area (Å²) in [5.74, 6) is 0. The Bertz CT molecular complexity index is 1050. The van der Waals surface area contributed by atoms with Gasteiger partial charge in [-0.15, -0.1) is 0 Å². The molecule has 0 unspecified atom stereocenters. The highest BCUT2D eigenvalue weighted by atomic mass is 32.2. The zero-order valence-corrected chi connectivity index (χ0v) is 17.7. The van der Waals surface area contributed by atoms with Crippen LogP contribution in [0.5, 0.6) is 0 Å². The molecule has 202 valence electrons. The Hall–Kier alpha value is -2.73. The van der Waals surface area contributed by atoms with Gasteiger partial charge in [-0.3, -0.25) is 0 Å². The minimum atomic E-state index is -6.41. The first-order valence-corrected chi connectivity index (χ1v) is 9.99. The molecule has 18 heteroatoms. The first-order valence-electron chi connectivity index (χ1n) is 8.84. The summed E-state index contributed by atoms with van der Waals surface area (Å²) in [5.41, 5.74) is -7.53. The average Bonchev–Trinajstić information content (AvgIpc) is 2.69. The van der Waals surface area contributed by atoms with Gasteiger partial charge in [0.05, 0.1) is 10.8 Å². The third kappa shape index (κ3) is 4.56. The molecule has 0 aliphatic rings. The Morgan fingerprint density at radius 1 is 0.556 bits per heavy atom. The summed E-state index contributed by atoms with van der Waals surface area (Å²) in [6.07, 6.45) is -25.7. The monoisotopic (exact) mass is 564 g/mol. The molecule has 36 heavy (non-hydrogen) atoms. The van der Waals surface area contributed by atoms with E-state index in [0.717, 1.165) is 0 Å². The predicted molar refractivity (Wildman–Crippen MR) is 98.4 cm³/mol. The van der Waals surface area contributed by atoms with Gasteiger partial charge in [0.2, 0.25) is 0 Å². The van der Waals surface area contributed by atoms with Crippen LogP contribution in [-0.2, 0) is 22.0 Å². The van der Waals surface area contributed by atoms with E-state index in [1.165, 1.54) is 0 Å². The molecule has 0 atom stereocenters. The van der Waals surface area contributed by atoms with E-state index >= 15 is 0 Å². The summed E-state index contributed by atoms with van der Waals surface area (Å²) in [7, 11) is -3.06. The topological polar surface area (TPSA) is 110 Å². The summed E-state index contributed by atoms with van der Waals surface area (Å²) in [6, 6.07) is 1.57. The van der Waals surface area contributed by atoms with E-state index in [1.807, 2.05) is 0 Å². The lowest BCUT2D eigenvalue weighted by Crippen LogP contribution is -2.54. The molecule has 2 aromatic rings. The summed E-state index contributed by atoms with van der Waals surface area (Å²) < 4.78 is 171. The third-order valence-corrected chi connectivity index (χ3v) is 6.26. The standard InChI is InChI=1S/C18H12F12N2O3S/c19-15(20,21)13(33,16(22,23)24)9-5-7(1-3-11(9)31)36(35)8-2-4-12(32)10(6-8)14(34,17(25,26)27)18(28,29)30/h1-6,33-34H,31-32H2. The molecule has 0 spiro atoms. The lowest BCUT2D eigenvalue weighted by Gasteiger charge is -2.34. The number of nitrogens with two attached hydrogens (primary N) is 2. The number of benzene rings is 2. The lowest BCUT2D eigenvalue weighted by molar-refractivity contribution is -0.376. The van der Waals surface area contributed by atoms with E-state index < -0.39 is 79.0 Å². The zero-order valence-electron chi connectivity index (χ0n) is 16.9. The van der Waals surface area contributed by atoms with Gasteiger partial charge in [-0.05, 0) is 36.4 Å². The van der Waals surface area contributed by atoms with Crippen molar-refractivity contribution in [3.8, 4) is 0 Å². The van der Waals surface area contributed by atoms with Crippen LogP contribution in [0.3, 0.4) is 0 Å². The van der Waals surface area contributed by atoms with E-state index in [4.69, 9.17) is 11.5 Å². The largest absolute Gasteiger partial charge is 0.430 e. The fraction of sp³-hybridized carbons (Fsp3) is 0.333. The van der Waals surface area contributed by atoms with Crippen LogP contribution in [0, 0.1) is 0 Å². The van der Waals surface area contributed by atoms with Gasteiger partial charge < -0.3 is 21.7 Å². The van der Waals surface area contributed by atoms with Crippen molar-refractivity contribution in [2.75, 3.05) is 11.5 Å². The number of anilines is 2. The van der Waals surface area contributed by atoms with Gasteiger partial charge in [0, 0.05) is 32.3 Å². The van der Waals surface area contributed by atoms with Crippen molar-refractivity contribution in [1.82, 2.24) is 0 Å². The molecule has 0 saturated heterocycles. The fourth-order valence-electron chi connectivity index (χ4n) is 3.00. The summed E-state index contributed by atoms with van der Waals surface area (Å²) in [6.45, 7) is 0. The highest BCUT2D eigenvalue weighted by Crippen LogP contribution is 2.53. The number of aliphatic hydroxyl groups is 2. The molecular weight excluding hydrogens is 552 g/mol. The molecule has 0 aromatic heterocycles. The van der Waals surface area contributed by atoms with E-state index in [1.54, 1.807) is 0 Å². The smallest absolute Gasteiger partial charge is 0.398 e. The molecule has 0 amide bonds. The van der Waals surface area contributed by atoms with Gasteiger partial charge in [-0.1, -0.05) is 0 Å². The predicted octanol–water partition coefficient (Wildman–Crippen LogP) is 4.64. The maximum Gasteiger partial charge on any atom is 0.430 e. The Morgan fingerprint density at radius 2 is 0.806 bits per heavy atom. The van der Waals surface area contributed by atoms with Gasteiger partial charge >= 0.3 is 24.7 Å². The second-order valence-corrected chi connectivity index (χ2v) is 8.66. The number of halogens is 12. The molecule has 0 fully saturated rings. The van der Waals surface area contributed by atoms with Gasteiger partial charge in [-0.2, -0.15) is 52.7 Å². The molecule has 2 rings (SSSR count). The van der Waals surface area contributed by atoms with Gasteiger partial charge in [0.15, 0.2) is 0 Å². The van der Waals surface area contributed by atoms with Crippen molar-refractivity contribution in [2.45, 2.75) is 45.7 Å². The fourth-order valence-corrected chi connectivity index (χ4v) is 4.10. The van der Waals surface area contributed by atoms with Crippen molar-refractivity contribution in [1.29, 1.82) is 0 Å². The van der Waals surface area contributed by atoms with E-state index in [9.17, 15) is 67.1 Å². The van der Waals surface area contributed by atoms with Crippen LogP contribution >= 0.6 is 0 Å². The summed E-state index contributed by atoms with van der Waals surface area (Å²) in [4.78, 5) is -2.08. The summed E-state index contributed by atoms with van der Waals surface area (Å²) >= 11 is 0. The first kappa shape index (κ1) is 29.5. The summed E-state index contributed by atoms with van der Waals surface area (Å²) in [5, 5.41) is 19.1. The van der Waals surface area contributed by atoms with Gasteiger partial charge in [-0.25, -0.2) is 4.21 Å². The molecular formula is C18H12F12N2O3S. The minimum Gasteiger partial charge on any atom is -0.398 e. The third-order valence-electron chi connectivity index (χ3n) is 4.90. The number of rotatable bonds is 4. The maximum atomic E-state index is 13.2. The Labute approximate surface area is 194 Å². The van der Waals surface area contributed by atoms with Crippen molar-refractivity contribution in [2.24, 2.45) is 0 Å². The number of nitrogen functional groups attached to an aromatic ring is 2. The van der Waals surface area contributed by atoms with Crippen LogP contribution in [0.15, 0.2) is 46.2 Å². The molecule has 0 aliphatic heterocycles. The van der Waals surface area contributed by atoms with Crippen molar-refractivity contribution >= 4 is 22.2 Å². The van der Waals surface area contributed by atoms with Gasteiger partial charge in [0.1, 0.15) is 0 Å². The molecule has 0 bridgehead atoms. The van der Waals surface area contributed by atoms with Crippen molar-refractivity contribution in [3.63, 3.8) is 0 Å². The first-order chi connectivity index (χ1) is 15.9. The Morgan fingerprint density at radius 3 is 1.03 bits per heavy atom. The zero-order chi connectivity index (χ0) is 28.3. The molecule has 2 aromatic carbocycles. The molecule has 5 nitrogen and oxygen atoms in total. The second-order valence-electron chi connectivity index (χ2n) is 7.18. The van der Waals surface area contributed by atoms with Gasteiger partial charge in [0.25, 0.3) is 11.2 Å². The number of hydrogen-bond donors (Lipinski definition) is 4. The van der Waals surface area contributed by atoms with E-state index in [-0.39, 0.29) is 12.1 Å². The highest BCUT2D eigenvalue weighted by Gasteiger charge is 2.73. The van der Waals surface area contributed by atoms with Crippen LogP contribution in [0.25, 0.3) is 0 Å². The normalized spacial score (nSPS) is 14.4. The quantitative estimate of drug-likeness (QED) is 0.320. The van der Waals surface area contributed by atoms with Crippen LogP contribution < -0.4 is 11.5 Å². The second kappa shape index (κ2) is 8.69.